The Bertz CT molecular complexity index is 324. The molecule has 1 unspecified atom stereocenters. The number of hydrogen-bond donors (Lipinski definition) is 1. The quantitative estimate of drug-likeness (QED) is 0.775. The van der Waals surface area contributed by atoms with Gasteiger partial charge in [-0.15, -0.1) is 0 Å². The fourth-order valence-electron chi connectivity index (χ4n) is 1.78. The number of methoxy groups -OCH3 is 1. The van der Waals surface area contributed by atoms with E-state index in [1.807, 2.05) is 23.9 Å². The van der Waals surface area contributed by atoms with Crippen molar-refractivity contribution in [3.63, 3.8) is 0 Å². The van der Waals surface area contributed by atoms with E-state index < -0.39 is 0 Å². The number of nitrogens with one attached hydrogen (secondary N) is 1. The van der Waals surface area contributed by atoms with Crippen molar-refractivity contribution in [2.75, 3.05) is 25.2 Å². The van der Waals surface area contributed by atoms with E-state index in [1.54, 1.807) is 7.11 Å². The zero-order valence-electron chi connectivity index (χ0n) is 11.9. The molecule has 3 heteroatoms. The van der Waals surface area contributed by atoms with E-state index in [0.29, 0.717) is 6.04 Å². The molecule has 0 heterocycles. The lowest BCUT2D eigenvalue weighted by Crippen LogP contribution is -2.23. The van der Waals surface area contributed by atoms with Gasteiger partial charge < -0.3 is 10.1 Å². The highest BCUT2D eigenvalue weighted by Gasteiger charge is 2.10. The van der Waals surface area contributed by atoms with Gasteiger partial charge in [0.25, 0.3) is 0 Å². The first-order valence-corrected chi connectivity index (χ1v) is 7.77. The molecule has 1 rings (SSSR count). The van der Waals surface area contributed by atoms with Crippen molar-refractivity contribution in [1.29, 1.82) is 0 Å². The maximum atomic E-state index is 5.20. The van der Waals surface area contributed by atoms with Crippen molar-refractivity contribution >= 4 is 11.8 Å². The van der Waals surface area contributed by atoms with Crippen molar-refractivity contribution in [1.82, 2.24) is 5.32 Å². The van der Waals surface area contributed by atoms with Gasteiger partial charge in [0.15, 0.2) is 0 Å². The summed E-state index contributed by atoms with van der Waals surface area (Å²) in [6.45, 7) is 7.69. The molecule has 1 N–H and O–H groups in total. The minimum absolute atomic E-state index is 0.435. The van der Waals surface area contributed by atoms with Gasteiger partial charge in [0.2, 0.25) is 0 Å². The van der Waals surface area contributed by atoms with Gasteiger partial charge in [0.05, 0.1) is 7.11 Å². The summed E-state index contributed by atoms with van der Waals surface area (Å²) in [4.78, 5) is 0. The fourth-order valence-corrected chi connectivity index (χ4v) is 2.93. The lowest BCUT2D eigenvalue weighted by Gasteiger charge is -2.19. The SMILES string of the molecule is CCNC(CSCC(C)C)c1ccc(OC)cc1. The Kier molecular flexibility index (Phi) is 7.21. The third-order valence-corrected chi connectivity index (χ3v) is 4.18. The molecule has 1 aromatic carbocycles. The predicted octanol–water partition coefficient (Wildman–Crippen LogP) is 3.74. The van der Waals surface area contributed by atoms with Crippen LogP contribution in [0.25, 0.3) is 0 Å². The van der Waals surface area contributed by atoms with E-state index in [2.05, 4.69) is 38.2 Å². The van der Waals surface area contributed by atoms with Crippen LogP contribution >= 0.6 is 11.8 Å². The molecule has 0 amide bonds. The highest BCUT2D eigenvalue weighted by Crippen LogP contribution is 2.22. The van der Waals surface area contributed by atoms with Crippen molar-refractivity contribution in [2.45, 2.75) is 26.8 Å². The zero-order valence-corrected chi connectivity index (χ0v) is 12.7. The second-order valence-electron chi connectivity index (χ2n) is 4.81. The van der Waals surface area contributed by atoms with Crippen LogP contribution in [-0.2, 0) is 0 Å². The molecule has 102 valence electrons. The number of benzene rings is 1. The van der Waals surface area contributed by atoms with Crippen molar-refractivity contribution < 1.29 is 4.74 Å². The summed E-state index contributed by atoms with van der Waals surface area (Å²) in [7, 11) is 1.70. The molecule has 1 atom stereocenters. The monoisotopic (exact) mass is 267 g/mol. The van der Waals surface area contributed by atoms with Crippen LogP contribution in [0.1, 0.15) is 32.4 Å². The third kappa shape index (κ3) is 5.32. The van der Waals surface area contributed by atoms with Gasteiger partial charge in [-0.3, -0.25) is 0 Å². The van der Waals surface area contributed by atoms with Crippen LogP contribution in [0.15, 0.2) is 24.3 Å². The predicted molar refractivity (Wildman–Crippen MR) is 81.6 cm³/mol. The smallest absolute Gasteiger partial charge is 0.118 e. The average molecular weight is 267 g/mol. The van der Waals surface area contributed by atoms with Crippen molar-refractivity contribution in [3.8, 4) is 5.75 Å². The molecule has 0 spiro atoms. The lowest BCUT2D eigenvalue weighted by molar-refractivity contribution is 0.414. The Morgan fingerprint density at radius 1 is 1.17 bits per heavy atom. The zero-order chi connectivity index (χ0) is 13.4. The second kappa shape index (κ2) is 8.44. The molecule has 0 bridgehead atoms. The van der Waals surface area contributed by atoms with E-state index in [9.17, 15) is 0 Å². The molecule has 0 aliphatic rings. The molecular weight excluding hydrogens is 242 g/mol. The molecule has 0 fully saturated rings. The maximum Gasteiger partial charge on any atom is 0.118 e. The maximum absolute atomic E-state index is 5.20. The van der Waals surface area contributed by atoms with E-state index in [0.717, 1.165) is 24.0 Å². The first-order chi connectivity index (χ1) is 8.67. The molecule has 0 aromatic heterocycles. The molecule has 0 saturated heterocycles. The van der Waals surface area contributed by atoms with Crippen LogP contribution < -0.4 is 10.1 Å². The Balaban J connectivity index is 2.58. The lowest BCUT2D eigenvalue weighted by atomic mass is 10.1. The molecule has 18 heavy (non-hydrogen) atoms. The van der Waals surface area contributed by atoms with Crippen molar-refractivity contribution in [3.05, 3.63) is 29.8 Å². The Morgan fingerprint density at radius 3 is 2.33 bits per heavy atom. The van der Waals surface area contributed by atoms with E-state index in [1.165, 1.54) is 11.3 Å². The Labute approximate surface area is 116 Å². The van der Waals surface area contributed by atoms with Gasteiger partial charge in [-0.1, -0.05) is 32.9 Å². The normalized spacial score (nSPS) is 12.7. The van der Waals surface area contributed by atoms with Gasteiger partial charge in [-0.2, -0.15) is 11.8 Å². The highest BCUT2D eigenvalue weighted by molar-refractivity contribution is 7.99. The first-order valence-electron chi connectivity index (χ1n) is 6.62. The van der Waals surface area contributed by atoms with Gasteiger partial charge in [0, 0.05) is 11.8 Å². The van der Waals surface area contributed by atoms with Gasteiger partial charge in [0.1, 0.15) is 5.75 Å². The highest BCUT2D eigenvalue weighted by atomic mass is 32.2. The van der Waals surface area contributed by atoms with Gasteiger partial charge in [-0.25, -0.2) is 0 Å². The van der Waals surface area contributed by atoms with Crippen LogP contribution in [0, 0.1) is 5.92 Å². The summed E-state index contributed by atoms with van der Waals surface area (Å²) in [5, 5.41) is 3.55. The van der Waals surface area contributed by atoms with E-state index in [-0.39, 0.29) is 0 Å². The van der Waals surface area contributed by atoms with Gasteiger partial charge >= 0.3 is 0 Å². The second-order valence-corrected chi connectivity index (χ2v) is 5.89. The van der Waals surface area contributed by atoms with Crippen LogP contribution in [0.4, 0.5) is 0 Å². The Hall–Kier alpha value is -0.670. The van der Waals surface area contributed by atoms with Crippen molar-refractivity contribution in [2.24, 2.45) is 5.92 Å². The molecular formula is C15H25NOS. The summed E-state index contributed by atoms with van der Waals surface area (Å²) < 4.78 is 5.20. The van der Waals surface area contributed by atoms with E-state index in [4.69, 9.17) is 4.74 Å². The largest absolute Gasteiger partial charge is 0.497 e. The third-order valence-electron chi connectivity index (χ3n) is 2.70. The summed E-state index contributed by atoms with van der Waals surface area (Å²) >= 11 is 2.02. The number of hydrogen-bond acceptors (Lipinski definition) is 3. The summed E-state index contributed by atoms with van der Waals surface area (Å²) in [6.07, 6.45) is 0. The van der Waals surface area contributed by atoms with Crippen LogP contribution in [-0.4, -0.2) is 25.2 Å². The number of rotatable bonds is 8. The Morgan fingerprint density at radius 2 is 1.83 bits per heavy atom. The molecule has 0 saturated carbocycles. The molecule has 0 radical (unpaired) electrons. The number of thioether (sulfide) groups is 1. The first kappa shape index (κ1) is 15.4. The molecule has 1 aromatic rings. The van der Waals surface area contributed by atoms with Crippen LogP contribution in [0.3, 0.4) is 0 Å². The standard InChI is InChI=1S/C15H25NOS/c1-5-16-15(11-18-10-12(2)3)13-6-8-14(17-4)9-7-13/h6-9,12,15-16H,5,10-11H2,1-4H3. The minimum atomic E-state index is 0.435. The average Bonchev–Trinajstić information content (AvgIpc) is 2.37. The summed E-state index contributed by atoms with van der Waals surface area (Å²) in [5.41, 5.74) is 1.34. The van der Waals surface area contributed by atoms with Crippen LogP contribution in [0.5, 0.6) is 5.75 Å². The number of ether oxygens (including phenoxy) is 1. The topological polar surface area (TPSA) is 21.3 Å². The fraction of sp³-hybridized carbons (Fsp3) is 0.600. The molecule has 0 aliphatic carbocycles. The minimum Gasteiger partial charge on any atom is -0.497 e. The van der Waals surface area contributed by atoms with Crippen LogP contribution in [0.2, 0.25) is 0 Å². The van der Waals surface area contributed by atoms with E-state index >= 15 is 0 Å². The summed E-state index contributed by atoms with van der Waals surface area (Å²) in [6, 6.07) is 8.81. The summed E-state index contributed by atoms with van der Waals surface area (Å²) in [5.74, 6) is 4.02. The molecule has 0 aliphatic heterocycles. The van der Waals surface area contributed by atoms with Gasteiger partial charge in [-0.05, 0) is 35.9 Å². The molecule has 2 nitrogen and oxygen atoms in total.